The summed E-state index contributed by atoms with van der Waals surface area (Å²) < 4.78 is 35.2. The Hall–Kier alpha value is -0.430. The first-order valence-electron chi connectivity index (χ1n) is 4.92. The minimum Gasteiger partial charge on any atom is -0.346 e. The van der Waals surface area contributed by atoms with E-state index in [0.717, 1.165) is 6.42 Å². The van der Waals surface area contributed by atoms with Crippen molar-refractivity contribution in [2.45, 2.75) is 24.8 Å². The fourth-order valence-electron chi connectivity index (χ4n) is 0.886. The molecule has 0 bridgehead atoms. The van der Waals surface area contributed by atoms with E-state index in [2.05, 4.69) is 12.2 Å². The van der Waals surface area contributed by atoms with Gasteiger partial charge in [-0.05, 0) is 19.2 Å². The lowest BCUT2D eigenvalue weighted by Gasteiger charge is -2.10. The summed E-state index contributed by atoms with van der Waals surface area (Å²) in [5, 5.41) is 5.06. The summed E-state index contributed by atoms with van der Waals surface area (Å²) in [7, 11) is 0. The number of halogens is 3. The van der Waals surface area contributed by atoms with Crippen molar-refractivity contribution >= 4 is 17.7 Å². The summed E-state index contributed by atoms with van der Waals surface area (Å²) >= 11 is 1.71. The quantitative estimate of drug-likeness (QED) is 0.678. The first kappa shape index (κ1) is 15.6. The van der Waals surface area contributed by atoms with E-state index < -0.39 is 18.6 Å². The fraction of sp³-hybridized carbons (Fsp3) is 0.889. The van der Waals surface area contributed by atoms with Gasteiger partial charge in [0.15, 0.2) is 0 Å². The summed E-state index contributed by atoms with van der Waals surface area (Å²) in [6.07, 6.45) is -1.47. The van der Waals surface area contributed by atoms with Crippen molar-refractivity contribution in [1.82, 2.24) is 10.6 Å². The van der Waals surface area contributed by atoms with Gasteiger partial charge in [0, 0.05) is 5.25 Å². The first-order chi connectivity index (χ1) is 7.35. The van der Waals surface area contributed by atoms with Gasteiger partial charge in [0.2, 0.25) is 5.91 Å². The largest absolute Gasteiger partial charge is 0.405 e. The average molecular weight is 258 g/mol. The predicted octanol–water partition coefficient (Wildman–Crippen LogP) is 1.40. The van der Waals surface area contributed by atoms with Gasteiger partial charge in [0.1, 0.15) is 6.54 Å². The van der Waals surface area contributed by atoms with Crippen LogP contribution in [0.4, 0.5) is 13.2 Å². The van der Waals surface area contributed by atoms with Crippen LogP contribution in [-0.2, 0) is 4.79 Å². The van der Waals surface area contributed by atoms with Crippen LogP contribution < -0.4 is 10.6 Å². The third-order valence-corrected chi connectivity index (χ3v) is 2.94. The molecule has 3 nitrogen and oxygen atoms in total. The second-order valence-electron chi connectivity index (χ2n) is 3.40. The van der Waals surface area contributed by atoms with Crippen LogP contribution in [0.15, 0.2) is 0 Å². The molecular weight excluding hydrogens is 241 g/mol. The van der Waals surface area contributed by atoms with E-state index in [1.807, 2.05) is 6.26 Å². The SMILES string of the molecule is CSC(C)CCNCC(=O)NCC(F)(F)F. The average Bonchev–Trinajstić information content (AvgIpc) is 2.20. The van der Waals surface area contributed by atoms with Crippen LogP contribution in [-0.4, -0.2) is 43.2 Å². The van der Waals surface area contributed by atoms with Crippen molar-refractivity contribution in [2.24, 2.45) is 0 Å². The lowest BCUT2D eigenvalue weighted by molar-refractivity contribution is -0.137. The standard InChI is InChI=1S/C9H17F3N2OS/c1-7(16-2)3-4-13-5-8(15)14-6-9(10,11)12/h7,13H,3-6H2,1-2H3,(H,14,15). The Morgan fingerprint density at radius 1 is 1.44 bits per heavy atom. The van der Waals surface area contributed by atoms with Gasteiger partial charge in [-0.2, -0.15) is 24.9 Å². The summed E-state index contributed by atoms with van der Waals surface area (Å²) in [5.74, 6) is -0.630. The first-order valence-corrected chi connectivity index (χ1v) is 6.21. The highest BCUT2D eigenvalue weighted by Crippen LogP contribution is 2.11. The lowest BCUT2D eigenvalue weighted by Crippen LogP contribution is -2.39. The van der Waals surface area contributed by atoms with E-state index in [4.69, 9.17) is 0 Å². The van der Waals surface area contributed by atoms with Crippen LogP contribution in [0.25, 0.3) is 0 Å². The number of carbonyl (C=O) groups is 1. The number of alkyl halides is 3. The van der Waals surface area contributed by atoms with Gasteiger partial charge in [0.25, 0.3) is 0 Å². The molecule has 0 rings (SSSR count). The van der Waals surface area contributed by atoms with Gasteiger partial charge in [0.05, 0.1) is 6.54 Å². The van der Waals surface area contributed by atoms with Gasteiger partial charge in [-0.1, -0.05) is 6.92 Å². The molecule has 0 aliphatic heterocycles. The second kappa shape index (κ2) is 7.78. The van der Waals surface area contributed by atoms with Crippen LogP contribution in [0, 0.1) is 0 Å². The molecule has 0 saturated carbocycles. The maximum atomic E-state index is 11.7. The van der Waals surface area contributed by atoms with E-state index in [1.54, 1.807) is 17.1 Å². The molecule has 0 aromatic heterocycles. The Bertz CT molecular complexity index is 211. The van der Waals surface area contributed by atoms with Gasteiger partial charge < -0.3 is 10.6 Å². The molecule has 1 atom stereocenters. The molecule has 0 fully saturated rings. The lowest BCUT2D eigenvalue weighted by atomic mass is 10.3. The molecule has 0 aliphatic carbocycles. The van der Waals surface area contributed by atoms with E-state index >= 15 is 0 Å². The van der Waals surface area contributed by atoms with Crippen molar-refractivity contribution in [3.05, 3.63) is 0 Å². The van der Waals surface area contributed by atoms with Crippen LogP contribution in [0.1, 0.15) is 13.3 Å². The Kier molecular flexibility index (Phi) is 7.57. The number of rotatable bonds is 7. The predicted molar refractivity (Wildman–Crippen MR) is 59.5 cm³/mol. The molecule has 0 saturated heterocycles. The number of hydrogen-bond donors (Lipinski definition) is 2. The number of hydrogen-bond acceptors (Lipinski definition) is 3. The van der Waals surface area contributed by atoms with E-state index in [0.29, 0.717) is 11.8 Å². The summed E-state index contributed by atoms with van der Waals surface area (Å²) in [4.78, 5) is 10.9. The Morgan fingerprint density at radius 2 is 2.06 bits per heavy atom. The summed E-state index contributed by atoms with van der Waals surface area (Å²) in [6, 6.07) is 0. The Balaban J connectivity index is 3.45. The third kappa shape index (κ3) is 10.1. The highest BCUT2D eigenvalue weighted by molar-refractivity contribution is 7.99. The maximum absolute atomic E-state index is 11.7. The van der Waals surface area contributed by atoms with Crippen LogP contribution >= 0.6 is 11.8 Å². The molecule has 16 heavy (non-hydrogen) atoms. The molecule has 2 N–H and O–H groups in total. The molecule has 7 heteroatoms. The number of carbonyl (C=O) groups excluding carboxylic acids is 1. The molecular formula is C9H17F3N2OS. The van der Waals surface area contributed by atoms with Crippen LogP contribution in [0.2, 0.25) is 0 Å². The molecule has 0 aromatic carbocycles. The molecule has 0 aliphatic rings. The van der Waals surface area contributed by atoms with Crippen LogP contribution in [0.5, 0.6) is 0 Å². The smallest absolute Gasteiger partial charge is 0.346 e. The molecule has 1 amide bonds. The van der Waals surface area contributed by atoms with E-state index in [9.17, 15) is 18.0 Å². The molecule has 0 heterocycles. The van der Waals surface area contributed by atoms with E-state index in [1.165, 1.54) is 0 Å². The van der Waals surface area contributed by atoms with Crippen molar-refractivity contribution in [2.75, 3.05) is 25.9 Å². The number of amides is 1. The number of thioether (sulfide) groups is 1. The molecule has 96 valence electrons. The van der Waals surface area contributed by atoms with Crippen LogP contribution in [0.3, 0.4) is 0 Å². The summed E-state index contributed by atoms with van der Waals surface area (Å²) in [5.41, 5.74) is 0. The molecule has 0 radical (unpaired) electrons. The minimum atomic E-state index is -4.34. The molecule has 0 spiro atoms. The maximum Gasteiger partial charge on any atom is 0.405 e. The topological polar surface area (TPSA) is 41.1 Å². The van der Waals surface area contributed by atoms with Crippen molar-refractivity contribution in [3.8, 4) is 0 Å². The second-order valence-corrected chi connectivity index (χ2v) is 4.68. The highest BCUT2D eigenvalue weighted by Gasteiger charge is 2.27. The fourth-order valence-corrected chi connectivity index (χ4v) is 1.24. The summed E-state index contributed by atoms with van der Waals surface area (Å²) in [6.45, 7) is 1.34. The minimum absolute atomic E-state index is 0.0722. The van der Waals surface area contributed by atoms with Gasteiger partial charge >= 0.3 is 6.18 Å². The monoisotopic (exact) mass is 258 g/mol. The van der Waals surface area contributed by atoms with E-state index in [-0.39, 0.29) is 6.54 Å². The third-order valence-electron chi connectivity index (χ3n) is 1.90. The van der Waals surface area contributed by atoms with Crippen molar-refractivity contribution in [3.63, 3.8) is 0 Å². The normalized spacial score (nSPS) is 13.6. The Morgan fingerprint density at radius 3 is 2.56 bits per heavy atom. The highest BCUT2D eigenvalue weighted by atomic mass is 32.2. The molecule has 0 aromatic rings. The molecule has 1 unspecified atom stereocenters. The van der Waals surface area contributed by atoms with Gasteiger partial charge in [-0.25, -0.2) is 0 Å². The Labute approximate surface area is 97.5 Å². The zero-order chi connectivity index (χ0) is 12.6. The van der Waals surface area contributed by atoms with Crippen molar-refractivity contribution < 1.29 is 18.0 Å². The van der Waals surface area contributed by atoms with Crippen molar-refractivity contribution in [1.29, 1.82) is 0 Å². The zero-order valence-corrected chi connectivity index (χ0v) is 10.2. The van der Waals surface area contributed by atoms with Gasteiger partial charge in [-0.3, -0.25) is 4.79 Å². The van der Waals surface area contributed by atoms with Gasteiger partial charge in [-0.15, -0.1) is 0 Å². The zero-order valence-electron chi connectivity index (χ0n) is 9.36. The number of nitrogens with one attached hydrogen (secondary N) is 2.